The summed E-state index contributed by atoms with van der Waals surface area (Å²) in [5, 5.41) is 0. The van der Waals surface area contributed by atoms with Crippen molar-refractivity contribution >= 4 is 27.6 Å². The van der Waals surface area contributed by atoms with E-state index < -0.39 is 22.1 Å². The Bertz CT molecular complexity index is 1030. The number of ether oxygens (including phenoxy) is 1. The Hall–Kier alpha value is -2.87. The molecule has 31 heavy (non-hydrogen) atoms. The maximum absolute atomic E-state index is 13.1. The lowest BCUT2D eigenvalue weighted by Crippen LogP contribution is -2.40. The van der Waals surface area contributed by atoms with Gasteiger partial charge in [0.05, 0.1) is 17.0 Å². The van der Waals surface area contributed by atoms with Gasteiger partial charge in [0, 0.05) is 25.2 Å². The van der Waals surface area contributed by atoms with Gasteiger partial charge in [0.25, 0.3) is 5.91 Å². The van der Waals surface area contributed by atoms with Crippen molar-refractivity contribution in [2.45, 2.75) is 31.8 Å². The van der Waals surface area contributed by atoms with Crippen molar-refractivity contribution in [3.63, 3.8) is 0 Å². The van der Waals surface area contributed by atoms with Gasteiger partial charge in [0.2, 0.25) is 16.1 Å². The SMILES string of the molecule is O=C(OC(C(=O)N1CCCCC1)c1ccccc1)c1ccc(N2CCCS2(=O)=O)cc1. The first-order valence-corrected chi connectivity index (χ1v) is 12.2. The molecule has 0 N–H and O–H groups in total. The molecule has 164 valence electrons. The zero-order chi connectivity index (χ0) is 21.8. The van der Waals surface area contributed by atoms with Crippen LogP contribution in [-0.2, 0) is 19.6 Å². The highest BCUT2D eigenvalue weighted by atomic mass is 32.2. The summed E-state index contributed by atoms with van der Waals surface area (Å²) in [6, 6.07) is 15.3. The first-order valence-electron chi connectivity index (χ1n) is 10.6. The first-order chi connectivity index (χ1) is 15.0. The molecule has 2 aromatic rings. The van der Waals surface area contributed by atoms with Crippen LogP contribution in [0.1, 0.15) is 47.7 Å². The fourth-order valence-corrected chi connectivity index (χ4v) is 5.60. The van der Waals surface area contributed by atoms with E-state index in [1.165, 1.54) is 4.31 Å². The van der Waals surface area contributed by atoms with Gasteiger partial charge >= 0.3 is 5.97 Å². The molecule has 1 atom stereocenters. The van der Waals surface area contributed by atoms with Gasteiger partial charge in [-0.15, -0.1) is 0 Å². The van der Waals surface area contributed by atoms with Crippen molar-refractivity contribution in [1.82, 2.24) is 4.90 Å². The topological polar surface area (TPSA) is 84.0 Å². The summed E-state index contributed by atoms with van der Waals surface area (Å²) in [6.07, 6.45) is 2.57. The van der Waals surface area contributed by atoms with E-state index in [4.69, 9.17) is 4.74 Å². The fourth-order valence-electron chi connectivity index (χ4n) is 4.04. The summed E-state index contributed by atoms with van der Waals surface area (Å²) >= 11 is 0. The Morgan fingerprint density at radius 1 is 0.839 bits per heavy atom. The molecule has 2 aliphatic rings. The number of likely N-dealkylation sites (tertiary alicyclic amines) is 1. The maximum Gasteiger partial charge on any atom is 0.339 e. The highest BCUT2D eigenvalue weighted by Gasteiger charge is 2.31. The first kappa shape index (κ1) is 21.4. The molecule has 0 bridgehead atoms. The second kappa shape index (κ2) is 9.09. The largest absolute Gasteiger partial charge is 0.444 e. The van der Waals surface area contributed by atoms with E-state index in [1.54, 1.807) is 41.3 Å². The summed E-state index contributed by atoms with van der Waals surface area (Å²) in [5.74, 6) is -0.692. The number of rotatable bonds is 5. The molecular formula is C23H26N2O5S. The molecule has 2 heterocycles. The van der Waals surface area contributed by atoms with Crippen LogP contribution < -0.4 is 4.31 Å². The molecule has 4 rings (SSSR count). The molecule has 2 saturated heterocycles. The average Bonchev–Trinajstić information content (AvgIpc) is 3.17. The van der Waals surface area contributed by atoms with Crippen LogP contribution in [0.25, 0.3) is 0 Å². The van der Waals surface area contributed by atoms with Crippen molar-refractivity contribution in [3.05, 3.63) is 65.7 Å². The summed E-state index contributed by atoms with van der Waals surface area (Å²) in [4.78, 5) is 27.8. The number of carbonyl (C=O) groups is 2. The highest BCUT2D eigenvalue weighted by molar-refractivity contribution is 7.93. The van der Waals surface area contributed by atoms with Crippen LogP contribution in [0, 0.1) is 0 Å². The van der Waals surface area contributed by atoms with E-state index in [9.17, 15) is 18.0 Å². The van der Waals surface area contributed by atoms with Gasteiger partial charge in [-0.2, -0.15) is 0 Å². The molecule has 1 unspecified atom stereocenters. The quantitative estimate of drug-likeness (QED) is 0.665. The number of benzene rings is 2. The summed E-state index contributed by atoms with van der Waals surface area (Å²) < 4.78 is 31.2. The lowest BCUT2D eigenvalue weighted by molar-refractivity contribution is -0.142. The molecular weight excluding hydrogens is 416 g/mol. The van der Waals surface area contributed by atoms with Gasteiger partial charge in [0.1, 0.15) is 0 Å². The van der Waals surface area contributed by atoms with Crippen LogP contribution in [0.3, 0.4) is 0 Å². The molecule has 2 fully saturated rings. The molecule has 0 aliphatic carbocycles. The van der Waals surface area contributed by atoms with Gasteiger partial charge < -0.3 is 9.64 Å². The summed E-state index contributed by atoms with van der Waals surface area (Å²) in [6.45, 7) is 1.77. The van der Waals surface area contributed by atoms with Crippen LogP contribution in [0.5, 0.6) is 0 Å². The minimum atomic E-state index is -3.28. The second-order valence-electron chi connectivity index (χ2n) is 7.87. The van der Waals surface area contributed by atoms with Gasteiger partial charge in [0.15, 0.2) is 0 Å². The zero-order valence-electron chi connectivity index (χ0n) is 17.3. The number of hydrogen-bond donors (Lipinski definition) is 0. The van der Waals surface area contributed by atoms with Gasteiger partial charge in [-0.1, -0.05) is 30.3 Å². The average molecular weight is 443 g/mol. The predicted molar refractivity (Wildman–Crippen MR) is 117 cm³/mol. The highest BCUT2D eigenvalue weighted by Crippen LogP contribution is 2.27. The predicted octanol–water partition coefficient (Wildman–Crippen LogP) is 3.14. The minimum absolute atomic E-state index is 0.133. The number of carbonyl (C=O) groups excluding carboxylic acids is 2. The molecule has 0 radical (unpaired) electrons. The lowest BCUT2D eigenvalue weighted by Gasteiger charge is -2.30. The number of piperidine rings is 1. The Labute approximate surface area is 182 Å². The van der Waals surface area contributed by atoms with Crippen LogP contribution in [0.4, 0.5) is 5.69 Å². The molecule has 7 nitrogen and oxygen atoms in total. The van der Waals surface area contributed by atoms with Gasteiger partial charge in [-0.05, 0) is 49.9 Å². The van der Waals surface area contributed by atoms with Crippen molar-refractivity contribution < 1.29 is 22.7 Å². The number of sulfonamides is 1. The van der Waals surface area contributed by atoms with Crippen molar-refractivity contribution in [1.29, 1.82) is 0 Å². The third-order valence-corrected chi connectivity index (χ3v) is 7.58. The standard InChI is InChI=1S/C23H26N2O5S/c26-22(24-14-5-2-6-15-24)21(18-8-3-1-4-9-18)30-23(27)19-10-12-20(13-11-19)25-16-7-17-31(25,28)29/h1,3-4,8-13,21H,2,5-7,14-17H2. The Morgan fingerprint density at radius 3 is 2.13 bits per heavy atom. The third kappa shape index (κ3) is 4.74. The number of amides is 1. The number of hydrogen-bond acceptors (Lipinski definition) is 5. The molecule has 0 aromatic heterocycles. The van der Waals surface area contributed by atoms with Crippen molar-refractivity contribution in [2.75, 3.05) is 29.7 Å². The van der Waals surface area contributed by atoms with Crippen LogP contribution >= 0.6 is 0 Å². The van der Waals surface area contributed by atoms with E-state index in [1.807, 2.05) is 18.2 Å². The fraction of sp³-hybridized carbons (Fsp3) is 0.391. The molecule has 2 aliphatic heterocycles. The zero-order valence-corrected chi connectivity index (χ0v) is 18.1. The van der Waals surface area contributed by atoms with E-state index in [2.05, 4.69) is 0 Å². The lowest BCUT2D eigenvalue weighted by atomic mass is 10.1. The van der Waals surface area contributed by atoms with E-state index >= 15 is 0 Å². The maximum atomic E-state index is 13.1. The number of nitrogens with zero attached hydrogens (tertiary/aromatic N) is 2. The smallest absolute Gasteiger partial charge is 0.339 e. The third-order valence-electron chi connectivity index (χ3n) is 5.71. The van der Waals surface area contributed by atoms with E-state index in [0.29, 0.717) is 37.3 Å². The van der Waals surface area contributed by atoms with Crippen molar-refractivity contribution in [3.8, 4) is 0 Å². The summed E-state index contributed by atoms with van der Waals surface area (Å²) in [7, 11) is -3.28. The Balaban J connectivity index is 1.52. The number of esters is 1. The van der Waals surface area contributed by atoms with Crippen LogP contribution in [0.15, 0.2) is 54.6 Å². The number of anilines is 1. The van der Waals surface area contributed by atoms with Crippen molar-refractivity contribution in [2.24, 2.45) is 0 Å². The van der Waals surface area contributed by atoms with Crippen LogP contribution in [0.2, 0.25) is 0 Å². The molecule has 8 heteroatoms. The Morgan fingerprint density at radius 2 is 1.52 bits per heavy atom. The minimum Gasteiger partial charge on any atom is -0.444 e. The molecule has 0 spiro atoms. The van der Waals surface area contributed by atoms with Gasteiger partial charge in [-0.3, -0.25) is 9.10 Å². The monoisotopic (exact) mass is 442 g/mol. The normalized spacial score (nSPS) is 19.1. The van der Waals surface area contributed by atoms with Gasteiger partial charge in [-0.25, -0.2) is 13.2 Å². The second-order valence-corrected chi connectivity index (χ2v) is 9.88. The van der Waals surface area contributed by atoms with E-state index in [0.717, 1.165) is 19.3 Å². The summed E-state index contributed by atoms with van der Waals surface area (Å²) in [5.41, 5.74) is 1.43. The molecule has 0 saturated carbocycles. The van der Waals surface area contributed by atoms with E-state index in [-0.39, 0.29) is 17.2 Å². The Kier molecular flexibility index (Phi) is 6.27. The molecule has 1 amide bonds. The molecule has 2 aromatic carbocycles. The van der Waals surface area contributed by atoms with Crippen LogP contribution in [-0.4, -0.2) is 50.6 Å².